The highest BCUT2D eigenvalue weighted by Crippen LogP contribution is 2.06. The predicted molar refractivity (Wildman–Crippen MR) is 66.2 cm³/mol. The molecule has 2 atom stereocenters. The van der Waals surface area contributed by atoms with Gasteiger partial charge in [-0.25, -0.2) is 0 Å². The van der Waals surface area contributed by atoms with E-state index in [0.29, 0.717) is 12.3 Å². The summed E-state index contributed by atoms with van der Waals surface area (Å²) in [6, 6.07) is -0.0159. The number of nitrogens with one attached hydrogen (secondary N) is 2. The molecule has 4 nitrogen and oxygen atoms in total. The number of hydrogen-bond acceptors (Lipinski definition) is 3. The predicted octanol–water partition coefficient (Wildman–Crippen LogP) is 0.898. The van der Waals surface area contributed by atoms with E-state index in [1.807, 2.05) is 13.8 Å². The van der Waals surface area contributed by atoms with E-state index >= 15 is 0 Å². The van der Waals surface area contributed by atoms with Crippen LogP contribution >= 0.6 is 0 Å². The lowest BCUT2D eigenvalue weighted by molar-refractivity contribution is -0.123. The van der Waals surface area contributed by atoms with Gasteiger partial charge in [0.05, 0.1) is 6.04 Å². The maximum atomic E-state index is 11.6. The van der Waals surface area contributed by atoms with Gasteiger partial charge in [0.25, 0.3) is 0 Å². The molecule has 0 fully saturated rings. The van der Waals surface area contributed by atoms with Crippen molar-refractivity contribution in [2.45, 2.75) is 52.6 Å². The molecular weight excluding hydrogens is 204 g/mol. The molecular formula is C12H26N2O2. The summed E-state index contributed by atoms with van der Waals surface area (Å²) in [5, 5.41) is 15.0. The molecule has 0 aromatic rings. The van der Waals surface area contributed by atoms with Crippen molar-refractivity contribution in [2.75, 3.05) is 13.2 Å². The van der Waals surface area contributed by atoms with Gasteiger partial charge in [0.15, 0.2) is 0 Å². The normalized spacial score (nSPS) is 14.9. The summed E-state index contributed by atoms with van der Waals surface area (Å²) in [6.07, 6.45) is 1.63. The highest BCUT2D eigenvalue weighted by atomic mass is 16.3. The summed E-state index contributed by atoms with van der Waals surface area (Å²) >= 11 is 0. The zero-order valence-corrected chi connectivity index (χ0v) is 10.9. The average molecular weight is 230 g/mol. The van der Waals surface area contributed by atoms with Crippen LogP contribution in [-0.4, -0.2) is 36.2 Å². The second-order valence-electron chi connectivity index (χ2n) is 4.54. The molecule has 2 unspecified atom stereocenters. The Morgan fingerprint density at radius 3 is 2.38 bits per heavy atom. The summed E-state index contributed by atoms with van der Waals surface area (Å²) < 4.78 is 0. The standard InChI is InChI=1S/C12H26N2O2/c1-5-7-13-12(16)10(4)14-11(6-8-15)9(2)3/h9-11,14-15H,5-8H2,1-4H3,(H,13,16). The fourth-order valence-electron chi connectivity index (χ4n) is 1.55. The topological polar surface area (TPSA) is 61.4 Å². The maximum absolute atomic E-state index is 11.6. The number of carbonyl (C=O) groups excluding carboxylic acids is 1. The first-order chi connectivity index (χ1) is 7.52. The van der Waals surface area contributed by atoms with Crippen LogP contribution in [0.15, 0.2) is 0 Å². The van der Waals surface area contributed by atoms with Crippen molar-refractivity contribution in [3.05, 3.63) is 0 Å². The van der Waals surface area contributed by atoms with Gasteiger partial charge in [-0.15, -0.1) is 0 Å². The van der Waals surface area contributed by atoms with E-state index in [9.17, 15) is 4.79 Å². The van der Waals surface area contributed by atoms with Crippen LogP contribution in [0.25, 0.3) is 0 Å². The van der Waals surface area contributed by atoms with Crippen molar-refractivity contribution >= 4 is 5.91 Å². The Morgan fingerprint density at radius 2 is 1.94 bits per heavy atom. The Bertz CT molecular complexity index is 195. The molecule has 3 N–H and O–H groups in total. The van der Waals surface area contributed by atoms with Gasteiger partial charge in [0, 0.05) is 19.2 Å². The van der Waals surface area contributed by atoms with Gasteiger partial charge in [-0.1, -0.05) is 20.8 Å². The number of carbonyl (C=O) groups is 1. The van der Waals surface area contributed by atoms with E-state index < -0.39 is 0 Å². The molecule has 0 aliphatic carbocycles. The highest BCUT2D eigenvalue weighted by molar-refractivity contribution is 5.81. The van der Waals surface area contributed by atoms with Crippen LogP contribution in [0.3, 0.4) is 0 Å². The first kappa shape index (κ1) is 15.4. The average Bonchev–Trinajstić information content (AvgIpc) is 2.24. The van der Waals surface area contributed by atoms with Crippen LogP contribution < -0.4 is 10.6 Å². The molecule has 0 rings (SSSR count). The van der Waals surface area contributed by atoms with Crippen molar-refractivity contribution in [3.63, 3.8) is 0 Å². The van der Waals surface area contributed by atoms with Crippen molar-refractivity contribution in [1.29, 1.82) is 0 Å². The molecule has 0 spiro atoms. The second kappa shape index (κ2) is 8.53. The molecule has 96 valence electrons. The van der Waals surface area contributed by atoms with Crippen LogP contribution in [0.2, 0.25) is 0 Å². The van der Waals surface area contributed by atoms with Gasteiger partial charge in [-0.05, 0) is 25.7 Å². The Labute approximate surface area is 98.8 Å². The van der Waals surface area contributed by atoms with Gasteiger partial charge < -0.3 is 15.7 Å². The van der Waals surface area contributed by atoms with Crippen molar-refractivity contribution in [1.82, 2.24) is 10.6 Å². The summed E-state index contributed by atoms with van der Waals surface area (Å²) in [5.41, 5.74) is 0. The molecule has 0 heterocycles. The van der Waals surface area contributed by atoms with E-state index in [-0.39, 0.29) is 24.6 Å². The van der Waals surface area contributed by atoms with E-state index in [1.54, 1.807) is 0 Å². The molecule has 4 heteroatoms. The van der Waals surface area contributed by atoms with Gasteiger partial charge in [-0.3, -0.25) is 4.79 Å². The number of hydrogen-bond donors (Lipinski definition) is 3. The molecule has 0 saturated carbocycles. The number of aliphatic hydroxyl groups excluding tert-OH is 1. The summed E-state index contributed by atoms with van der Waals surface area (Å²) in [5.74, 6) is 0.444. The lowest BCUT2D eigenvalue weighted by atomic mass is 10.0. The zero-order chi connectivity index (χ0) is 12.6. The Balaban J connectivity index is 4.06. The van der Waals surface area contributed by atoms with E-state index in [1.165, 1.54) is 0 Å². The zero-order valence-electron chi connectivity index (χ0n) is 10.9. The number of amides is 1. The molecule has 0 saturated heterocycles. The molecule has 16 heavy (non-hydrogen) atoms. The number of aliphatic hydroxyl groups is 1. The molecule has 0 radical (unpaired) electrons. The monoisotopic (exact) mass is 230 g/mol. The van der Waals surface area contributed by atoms with Crippen LogP contribution in [0.4, 0.5) is 0 Å². The Hall–Kier alpha value is -0.610. The summed E-state index contributed by atoms with van der Waals surface area (Å²) in [7, 11) is 0. The van der Waals surface area contributed by atoms with Crippen molar-refractivity contribution < 1.29 is 9.90 Å². The molecule has 0 aliphatic rings. The van der Waals surface area contributed by atoms with Crippen molar-refractivity contribution in [3.8, 4) is 0 Å². The van der Waals surface area contributed by atoms with E-state index in [0.717, 1.165) is 13.0 Å². The molecule has 0 bridgehead atoms. The first-order valence-electron chi connectivity index (χ1n) is 6.17. The third-order valence-corrected chi connectivity index (χ3v) is 2.65. The van der Waals surface area contributed by atoms with E-state index in [4.69, 9.17) is 5.11 Å². The molecule has 0 aromatic carbocycles. The fourth-order valence-corrected chi connectivity index (χ4v) is 1.55. The summed E-state index contributed by atoms with van der Waals surface area (Å²) in [4.78, 5) is 11.6. The fraction of sp³-hybridized carbons (Fsp3) is 0.917. The lowest BCUT2D eigenvalue weighted by Gasteiger charge is -2.25. The van der Waals surface area contributed by atoms with Gasteiger partial charge in [0.2, 0.25) is 5.91 Å². The SMILES string of the molecule is CCCNC(=O)C(C)NC(CCO)C(C)C. The largest absolute Gasteiger partial charge is 0.396 e. The minimum Gasteiger partial charge on any atom is -0.396 e. The van der Waals surface area contributed by atoms with Crippen molar-refractivity contribution in [2.24, 2.45) is 5.92 Å². The summed E-state index contributed by atoms with van der Waals surface area (Å²) in [6.45, 7) is 8.93. The molecule has 1 amide bonds. The Kier molecular flexibility index (Phi) is 8.21. The first-order valence-corrected chi connectivity index (χ1v) is 6.17. The number of rotatable bonds is 8. The lowest BCUT2D eigenvalue weighted by Crippen LogP contribution is -2.48. The van der Waals surface area contributed by atoms with Crippen LogP contribution in [-0.2, 0) is 4.79 Å². The van der Waals surface area contributed by atoms with Crippen LogP contribution in [0.5, 0.6) is 0 Å². The minimum atomic E-state index is -0.203. The maximum Gasteiger partial charge on any atom is 0.236 e. The van der Waals surface area contributed by atoms with E-state index in [2.05, 4.69) is 24.5 Å². The van der Waals surface area contributed by atoms with Gasteiger partial charge >= 0.3 is 0 Å². The second-order valence-corrected chi connectivity index (χ2v) is 4.54. The van der Waals surface area contributed by atoms with Gasteiger partial charge in [0.1, 0.15) is 0 Å². The van der Waals surface area contributed by atoms with Gasteiger partial charge in [-0.2, -0.15) is 0 Å². The quantitative estimate of drug-likeness (QED) is 0.580. The highest BCUT2D eigenvalue weighted by Gasteiger charge is 2.19. The smallest absolute Gasteiger partial charge is 0.236 e. The molecule has 0 aliphatic heterocycles. The molecule has 0 aromatic heterocycles. The third kappa shape index (κ3) is 6.08. The Morgan fingerprint density at radius 1 is 1.31 bits per heavy atom. The minimum absolute atomic E-state index is 0.0328. The third-order valence-electron chi connectivity index (χ3n) is 2.65. The van der Waals surface area contributed by atoms with Crippen LogP contribution in [0.1, 0.15) is 40.5 Å². The van der Waals surface area contributed by atoms with Crippen LogP contribution in [0, 0.1) is 5.92 Å².